The SMILES string of the molecule is CC(C)(C)OC(=O)C1C(C(=O)OC(C)(C)C)C2C3C=CC(C3)C12.COC(=O)C1C(C(=O)OC)C2C3C=CC(C3)C12.O=C1OC(=O)C2C1C1C3C=CC(C3)C21.O=C1OC(=O)C2C3CC(C4C=CCC43)C12.O=C1OCC2C1C1C3C=CC(C3)C21.O=C1OCC2C1C1C3C=CC(C3)C21.O=C1OCC2C3CC(C4C=CCC43)C12.O=C1OCC2C3CC(C4CC=CC34)C12. The Balaban J connectivity index is 0.0000000818. The standard InChI is InChI=1S/C19H28O4.C13H16O4.C12H12O3.2C12H14O2.C11H10O3.2C11H12O2/c1-18(2,3)22-16(20)14-12-10-7-8-11(9-10)13(12)15(14)17(21)23-19(4,5)6;1-16-12(14)10-8-6-3-4-7(5-6)9(8)11(10)13(15)17-2;13-11-9-7-4-8(10(9)12(14)15-11)6-3-1-2-5(6)7;2*13-12-11-9-4-8(10(11)5-14-12)6-2-1-3-7(6)9;12-10-8-6-4-1-2-5(3-4)7(6)9(8)11(13)14-10;2*12-11-10-7(4-13-11)8-5-1-2-6(3-5)9(8)10/h7-8,10-15H,9H2,1-6H3;3-4,6-11H,5H2,1-2H3;1-2,5-10H,3-4H2;1,3,6-11H,2,4-5H2;1-2,6-11H,3-5H2;1-2,4-9H,3H2;2*1-2,5-10H,3-4H2. The molecule has 654 valence electrons. The van der Waals surface area contributed by atoms with E-state index in [1.807, 2.05) is 41.5 Å². The van der Waals surface area contributed by atoms with Gasteiger partial charge in [0.05, 0.1) is 112 Å². The largest absolute Gasteiger partial charge is 0.469 e. The molecule has 0 N–H and O–H groups in total. The molecule has 0 spiro atoms. The minimum atomic E-state index is -0.534. The van der Waals surface area contributed by atoms with Crippen LogP contribution in [0.3, 0.4) is 0 Å². The first-order valence-electron chi connectivity index (χ1n) is 47.4. The molecule has 0 radical (unpaired) electrons. The Morgan fingerprint density at radius 2 is 0.528 bits per heavy atom. The van der Waals surface area contributed by atoms with Crippen LogP contribution >= 0.6 is 0 Å². The van der Waals surface area contributed by atoms with Crippen LogP contribution in [0.4, 0.5) is 0 Å². The molecule has 24 aliphatic carbocycles. The van der Waals surface area contributed by atoms with Gasteiger partial charge in [0.1, 0.15) is 11.2 Å². The highest BCUT2D eigenvalue weighted by Gasteiger charge is 2.74. The predicted octanol–water partition coefficient (Wildman–Crippen LogP) is 12.0. The van der Waals surface area contributed by atoms with Crippen molar-refractivity contribution in [2.24, 2.45) is 284 Å². The molecule has 16 bridgehead atoms. The van der Waals surface area contributed by atoms with Crippen molar-refractivity contribution in [2.45, 2.75) is 123 Å². The van der Waals surface area contributed by atoms with Gasteiger partial charge in [0.25, 0.3) is 0 Å². The monoisotopic (exact) mass is 1680 g/mol. The van der Waals surface area contributed by atoms with Gasteiger partial charge >= 0.3 is 71.6 Å². The summed E-state index contributed by atoms with van der Waals surface area (Å²) in [5, 5.41) is 0. The lowest BCUT2D eigenvalue weighted by Crippen LogP contribution is -2.57. The Bertz CT molecular complexity index is 4600. The van der Waals surface area contributed by atoms with Crippen LogP contribution in [-0.2, 0) is 105 Å². The lowest BCUT2D eigenvalue weighted by Gasteiger charge is -2.50. The second-order valence-electron chi connectivity index (χ2n) is 45.0. The van der Waals surface area contributed by atoms with Crippen LogP contribution in [0.5, 0.6) is 0 Å². The summed E-state index contributed by atoms with van der Waals surface area (Å²) >= 11 is 0. The molecule has 0 aromatic heterocycles. The number of fused-ring (bicyclic) bond motifs is 58. The van der Waals surface area contributed by atoms with E-state index in [9.17, 15) is 57.5 Å². The number of ether oxygens (including phenoxy) is 10. The summed E-state index contributed by atoms with van der Waals surface area (Å²) in [5.41, 5.74) is -1.07. The summed E-state index contributed by atoms with van der Waals surface area (Å²) < 4.78 is 51.0. The molecule has 48 atom stereocenters. The lowest BCUT2D eigenvalue weighted by atomic mass is 9.53. The molecule has 6 heterocycles. The maximum atomic E-state index is 12.7. The van der Waals surface area contributed by atoms with Crippen molar-refractivity contribution in [3.63, 3.8) is 0 Å². The fourth-order valence-electron chi connectivity index (χ4n) is 34.8. The van der Waals surface area contributed by atoms with E-state index in [0.717, 1.165) is 85.4 Å². The summed E-state index contributed by atoms with van der Waals surface area (Å²) in [4.78, 5) is 141. The molecule has 30 aliphatic rings. The van der Waals surface area contributed by atoms with Gasteiger partial charge in [-0.25, -0.2) is 0 Å². The summed E-state index contributed by atoms with van der Waals surface area (Å²) in [6.45, 7) is 14.0. The highest BCUT2D eigenvalue weighted by molar-refractivity contribution is 5.99. The van der Waals surface area contributed by atoms with Crippen LogP contribution < -0.4 is 0 Å². The van der Waals surface area contributed by atoms with Crippen molar-refractivity contribution in [2.75, 3.05) is 40.6 Å². The number of carbonyl (C=O) groups excluding carboxylic acids is 12. The summed E-state index contributed by atoms with van der Waals surface area (Å²) in [6.07, 6.45) is 49.6. The summed E-state index contributed by atoms with van der Waals surface area (Å²) in [5.74, 6) is 18.7. The number of hydrogen-bond donors (Lipinski definition) is 0. The Hall–Kier alpha value is -8.04. The third-order valence-electron chi connectivity index (χ3n) is 38.7. The topological polar surface area (TPSA) is 297 Å². The lowest BCUT2D eigenvalue weighted by molar-refractivity contribution is -0.195. The number of methoxy groups -OCH3 is 2. The molecule has 22 nitrogen and oxygen atoms in total. The fourth-order valence-corrected chi connectivity index (χ4v) is 34.8. The van der Waals surface area contributed by atoms with E-state index in [1.54, 1.807) is 0 Å². The smallest absolute Gasteiger partial charge is 0.317 e. The molecule has 22 heteroatoms. The third-order valence-corrected chi connectivity index (χ3v) is 38.7. The fraction of sp³-hybridized carbons (Fsp3) is 0.723. The molecular weight excluding hydrogens is 1570 g/mol. The van der Waals surface area contributed by atoms with Crippen LogP contribution in [0, 0.1) is 284 Å². The molecule has 22 fully saturated rings. The number of rotatable bonds is 4. The first kappa shape index (κ1) is 79.6. The van der Waals surface area contributed by atoms with E-state index in [-0.39, 0.29) is 154 Å². The van der Waals surface area contributed by atoms with Gasteiger partial charge < -0.3 is 47.4 Å². The van der Waals surface area contributed by atoms with E-state index in [0.29, 0.717) is 174 Å². The van der Waals surface area contributed by atoms with E-state index < -0.39 is 11.2 Å². The molecule has 16 saturated carbocycles. The van der Waals surface area contributed by atoms with Gasteiger partial charge in [0.2, 0.25) is 0 Å². The number of esters is 12. The Kier molecular flexibility index (Phi) is 18.6. The van der Waals surface area contributed by atoms with Crippen LogP contribution in [0.1, 0.15) is 112 Å². The van der Waals surface area contributed by atoms with Gasteiger partial charge in [-0.15, -0.1) is 0 Å². The molecule has 6 aliphatic heterocycles. The Morgan fingerprint density at radius 3 is 0.911 bits per heavy atom. The van der Waals surface area contributed by atoms with E-state index in [4.69, 9.17) is 47.4 Å². The number of cyclic esters (lactones) is 8. The zero-order chi connectivity index (χ0) is 84.6. The molecule has 30 rings (SSSR count). The van der Waals surface area contributed by atoms with Crippen LogP contribution in [0.25, 0.3) is 0 Å². The third kappa shape index (κ3) is 11.7. The average molecular weight is 1680 g/mol. The minimum Gasteiger partial charge on any atom is -0.469 e. The maximum absolute atomic E-state index is 12.7. The Labute approximate surface area is 718 Å². The van der Waals surface area contributed by atoms with Crippen LogP contribution in [0.2, 0.25) is 0 Å². The molecule has 48 unspecified atom stereocenters. The van der Waals surface area contributed by atoms with E-state index >= 15 is 0 Å². The first-order chi connectivity index (χ1) is 59.1. The van der Waals surface area contributed by atoms with Gasteiger partial charge in [0.15, 0.2) is 0 Å². The van der Waals surface area contributed by atoms with Gasteiger partial charge in [-0.2, -0.15) is 0 Å². The van der Waals surface area contributed by atoms with Crippen molar-refractivity contribution >= 4 is 71.6 Å². The van der Waals surface area contributed by atoms with Crippen molar-refractivity contribution in [3.05, 3.63) is 97.2 Å². The average Bonchev–Trinajstić information content (AvgIpc) is 1.80. The zero-order valence-corrected chi connectivity index (χ0v) is 71.5. The van der Waals surface area contributed by atoms with Crippen LogP contribution in [0.15, 0.2) is 97.2 Å². The molecule has 123 heavy (non-hydrogen) atoms. The molecule has 6 saturated heterocycles. The first-order valence-corrected chi connectivity index (χ1v) is 47.4. The number of allylic oxidation sites excluding steroid dienone is 16. The van der Waals surface area contributed by atoms with Gasteiger partial charge in [-0.1, -0.05) is 97.2 Å². The zero-order valence-electron chi connectivity index (χ0n) is 71.5. The van der Waals surface area contributed by atoms with Crippen molar-refractivity contribution in [3.8, 4) is 0 Å². The van der Waals surface area contributed by atoms with Gasteiger partial charge in [-0.3, -0.25) is 57.5 Å². The number of carbonyl (C=O) groups is 12. The summed E-state index contributed by atoms with van der Waals surface area (Å²) in [7, 11) is 2.76. The maximum Gasteiger partial charge on any atom is 0.317 e. The predicted molar refractivity (Wildman–Crippen MR) is 433 cm³/mol. The van der Waals surface area contributed by atoms with Crippen LogP contribution in [-0.4, -0.2) is 123 Å². The van der Waals surface area contributed by atoms with Crippen molar-refractivity contribution in [1.82, 2.24) is 0 Å². The van der Waals surface area contributed by atoms with Gasteiger partial charge in [-0.05, 0) is 302 Å². The summed E-state index contributed by atoms with van der Waals surface area (Å²) in [6, 6.07) is 0. The van der Waals surface area contributed by atoms with Crippen molar-refractivity contribution < 1.29 is 105 Å². The van der Waals surface area contributed by atoms with Crippen molar-refractivity contribution in [1.29, 1.82) is 0 Å². The quantitative estimate of drug-likeness (QED) is 0.109. The molecule has 0 aromatic carbocycles. The second-order valence-corrected chi connectivity index (χ2v) is 45.0. The minimum absolute atomic E-state index is 0.0900. The van der Waals surface area contributed by atoms with Gasteiger partial charge in [0, 0.05) is 23.7 Å². The highest BCUT2D eigenvalue weighted by Crippen LogP contribution is 2.72. The van der Waals surface area contributed by atoms with E-state index in [1.165, 1.54) is 52.7 Å². The molecular formula is C101H118O22. The van der Waals surface area contributed by atoms with E-state index in [2.05, 4.69) is 97.2 Å². The highest BCUT2D eigenvalue weighted by atomic mass is 16.6. The number of hydrogen-bond acceptors (Lipinski definition) is 22. The molecule has 0 aromatic rings. The Morgan fingerprint density at radius 1 is 0.260 bits per heavy atom. The normalized spacial score (nSPS) is 52.3. The molecule has 0 amide bonds. The second kappa shape index (κ2) is 28.7.